The largest absolute Gasteiger partial charge is 0.342 e. The summed E-state index contributed by atoms with van der Waals surface area (Å²) in [5.41, 5.74) is 0.641. The zero-order valence-corrected chi connectivity index (χ0v) is 20.5. The zero-order valence-electron chi connectivity index (χ0n) is 20.5. The zero-order chi connectivity index (χ0) is 23.9. The lowest BCUT2D eigenvalue weighted by molar-refractivity contribution is -0.142. The second kappa shape index (κ2) is 11.5. The lowest BCUT2D eigenvalue weighted by Gasteiger charge is -2.37. The molecule has 0 bridgehead atoms. The molecule has 7 heteroatoms. The summed E-state index contributed by atoms with van der Waals surface area (Å²) in [5.74, 6) is -0.180. The van der Waals surface area contributed by atoms with Crippen molar-refractivity contribution in [2.24, 2.45) is 5.41 Å². The van der Waals surface area contributed by atoms with E-state index in [2.05, 4.69) is 10.6 Å². The molecule has 0 saturated carbocycles. The van der Waals surface area contributed by atoms with Crippen molar-refractivity contribution >= 4 is 17.7 Å². The molecular formula is C25H40N4O3. The van der Waals surface area contributed by atoms with E-state index >= 15 is 0 Å². The van der Waals surface area contributed by atoms with E-state index in [9.17, 15) is 14.4 Å². The van der Waals surface area contributed by atoms with Crippen LogP contribution in [-0.4, -0.2) is 65.8 Å². The van der Waals surface area contributed by atoms with Crippen LogP contribution >= 0.6 is 0 Å². The van der Waals surface area contributed by atoms with Crippen molar-refractivity contribution in [1.82, 2.24) is 20.4 Å². The highest BCUT2D eigenvalue weighted by Crippen LogP contribution is 2.26. The standard InChI is InChI=1S/C25H40N4O3/c1-7-21(30)28(16-19-12-9-8-10-13-19)17-20-14-11-15-29(20)24(32)22(25(3,4)5)27-23(31)18(2)26-6/h8-10,12-13,18,20,22,26H,7,11,14-17H2,1-6H3,(H,27,31)/t18-,20-,22+/m0/s1. The van der Waals surface area contributed by atoms with Crippen LogP contribution in [-0.2, 0) is 20.9 Å². The van der Waals surface area contributed by atoms with Crippen molar-refractivity contribution in [2.45, 2.75) is 78.6 Å². The van der Waals surface area contributed by atoms with E-state index in [0.717, 1.165) is 18.4 Å². The van der Waals surface area contributed by atoms with Gasteiger partial charge in [-0.1, -0.05) is 58.0 Å². The minimum atomic E-state index is -0.629. The second-order valence-electron chi connectivity index (χ2n) is 9.76. The monoisotopic (exact) mass is 444 g/mol. The van der Waals surface area contributed by atoms with Gasteiger partial charge in [0.2, 0.25) is 17.7 Å². The molecule has 0 spiro atoms. The van der Waals surface area contributed by atoms with Gasteiger partial charge in [-0.25, -0.2) is 0 Å². The molecule has 7 nitrogen and oxygen atoms in total. The third kappa shape index (κ3) is 6.79. The SMILES string of the molecule is CCC(=O)N(Cc1ccccc1)C[C@@H]1CCCN1C(=O)[C@@H](NC(=O)[C@H](C)NC)C(C)(C)C. The molecule has 1 aromatic carbocycles. The van der Waals surface area contributed by atoms with E-state index < -0.39 is 11.5 Å². The highest BCUT2D eigenvalue weighted by Gasteiger charge is 2.40. The molecule has 2 N–H and O–H groups in total. The summed E-state index contributed by atoms with van der Waals surface area (Å²) in [4.78, 5) is 42.6. The number of amides is 3. The third-order valence-corrected chi connectivity index (χ3v) is 6.19. The van der Waals surface area contributed by atoms with Gasteiger partial charge in [0.25, 0.3) is 0 Å². The van der Waals surface area contributed by atoms with Crippen molar-refractivity contribution in [2.75, 3.05) is 20.1 Å². The Hall–Kier alpha value is -2.41. The molecule has 1 fully saturated rings. The number of benzene rings is 1. The van der Waals surface area contributed by atoms with Crippen LogP contribution in [0.5, 0.6) is 0 Å². The number of nitrogens with one attached hydrogen (secondary N) is 2. The quantitative estimate of drug-likeness (QED) is 0.613. The second-order valence-corrected chi connectivity index (χ2v) is 9.76. The molecule has 0 aliphatic carbocycles. The van der Waals surface area contributed by atoms with Crippen LogP contribution in [0.2, 0.25) is 0 Å². The Morgan fingerprint density at radius 1 is 1.19 bits per heavy atom. The normalized spacial score (nSPS) is 18.2. The van der Waals surface area contributed by atoms with Crippen molar-refractivity contribution in [3.8, 4) is 0 Å². The number of likely N-dealkylation sites (tertiary alicyclic amines) is 1. The van der Waals surface area contributed by atoms with E-state index in [0.29, 0.717) is 26.1 Å². The summed E-state index contributed by atoms with van der Waals surface area (Å²) in [5, 5.41) is 5.88. The maximum Gasteiger partial charge on any atom is 0.246 e. The van der Waals surface area contributed by atoms with Gasteiger partial charge in [-0.2, -0.15) is 0 Å². The fraction of sp³-hybridized carbons (Fsp3) is 0.640. The molecule has 1 heterocycles. The maximum absolute atomic E-state index is 13.6. The van der Waals surface area contributed by atoms with E-state index in [1.165, 1.54) is 0 Å². The van der Waals surface area contributed by atoms with Gasteiger partial charge in [-0.05, 0) is 37.8 Å². The molecule has 0 aromatic heterocycles. The summed E-state index contributed by atoms with van der Waals surface area (Å²) in [6.07, 6.45) is 2.18. The first-order chi connectivity index (χ1) is 15.1. The molecule has 1 aliphatic heterocycles. The fourth-order valence-corrected chi connectivity index (χ4v) is 4.06. The molecule has 0 radical (unpaired) electrons. The van der Waals surface area contributed by atoms with Gasteiger partial charge in [-0.15, -0.1) is 0 Å². The number of carbonyl (C=O) groups excluding carboxylic acids is 3. The summed E-state index contributed by atoms with van der Waals surface area (Å²) in [6.45, 7) is 11.2. The highest BCUT2D eigenvalue weighted by atomic mass is 16.2. The molecule has 1 aromatic rings. The van der Waals surface area contributed by atoms with Gasteiger partial charge < -0.3 is 20.4 Å². The summed E-state index contributed by atoms with van der Waals surface area (Å²) in [7, 11) is 1.72. The molecule has 3 amide bonds. The minimum absolute atomic E-state index is 0.0508. The first-order valence-corrected chi connectivity index (χ1v) is 11.7. The van der Waals surface area contributed by atoms with E-state index in [1.807, 2.05) is 67.8 Å². The van der Waals surface area contributed by atoms with Gasteiger partial charge in [0, 0.05) is 32.1 Å². The summed E-state index contributed by atoms with van der Waals surface area (Å²) < 4.78 is 0. The Bertz CT molecular complexity index is 775. The van der Waals surface area contributed by atoms with Gasteiger partial charge in [-0.3, -0.25) is 14.4 Å². The Kier molecular flexibility index (Phi) is 9.25. The molecule has 2 rings (SSSR count). The molecular weight excluding hydrogens is 404 g/mol. The molecule has 1 saturated heterocycles. The van der Waals surface area contributed by atoms with Crippen LogP contribution in [0.3, 0.4) is 0 Å². The molecule has 1 aliphatic rings. The highest BCUT2D eigenvalue weighted by molar-refractivity contribution is 5.90. The summed E-state index contributed by atoms with van der Waals surface area (Å²) >= 11 is 0. The van der Waals surface area contributed by atoms with Crippen LogP contribution in [0.15, 0.2) is 30.3 Å². The van der Waals surface area contributed by atoms with Gasteiger partial charge in [0.05, 0.1) is 6.04 Å². The number of hydrogen-bond acceptors (Lipinski definition) is 4. The first-order valence-electron chi connectivity index (χ1n) is 11.7. The van der Waals surface area contributed by atoms with Crippen LogP contribution in [0, 0.1) is 5.41 Å². The fourth-order valence-electron chi connectivity index (χ4n) is 4.06. The van der Waals surface area contributed by atoms with E-state index in [-0.39, 0.29) is 29.8 Å². The van der Waals surface area contributed by atoms with Crippen LogP contribution in [0.4, 0.5) is 0 Å². The van der Waals surface area contributed by atoms with Gasteiger partial charge >= 0.3 is 0 Å². The lowest BCUT2D eigenvalue weighted by Crippen LogP contribution is -2.59. The van der Waals surface area contributed by atoms with Crippen molar-refractivity contribution in [3.05, 3.63) is 35.9 Å². The van der Waals surface area contributed by atoms with Gasteiger partial charge in [0.15, 0.2) is 0 Å². The lowest BCUT2D eigenvalue weighted by atomic mass is 9.85. The Morgan fingerprint density at radius 3 is 2.41 bits per heavy atom. The van der Waals surface area contributed by atoms with Crippen molar-refractivity contribution < 1.29 is 14.4 Å². The summed E-state index contributed by atoms with van der Waals surface area (Å²) in [6, 6.07) is 8.87. The third-order valence-electron chi connectivity index (χ3n) is 6.19. The maximum atomic E-state index is 13.6. The first kappa shape index (κ1) is 25.8. The number of carbonyl (C=O) groups is 3. The van der Waals surface area contributed by atoms with E-state index in [4.69, 9.17) is 0 Å². The van der Waals surface area contributed by atoms with E-state index in [1.54, 1.807) is 14.0 Å². The Morgan fingerprint density at radius 2 is 1.84 bits per heavy atom. The Balaban J connectivity index is 2.18. The van der Waals surface area contributed by atoms with Gasteiger partial charge in [0.1, 0.15) is 6.04 Å². The molecule has 178 valence electrons. The number of likely N-dealkylation sites (N-methyl/N-ethyl adjacent to an activating group) is 1. The average Bonchev–Trinajstić information content (AvgIpc) is 3.23. The van der Waals surface area contributed by atoms with Crippen molar-refractivity contribution in [1.29, 1.82) is 0 Å². The number of nitrogens with zero attached hydrogens (tertiary/aromatic N) is 2. The smallest absolute Gasteiger partial charge is 0.246 e. The Labute approximate surface area is 192 Å². The molecule has 0 unspecified atom stereocenters. The van der Waals surface area contributed by atoms with Crippen LogP contribution < -0.4 is 10.6 Å². The number of rotatable bonds is 9. The minimum Gasteiger partial charge on any atom is -0.342 e. The topological polar surface area (TPSA) is 81.8 Å². The predicted octanol–water partition coefficient (Wildman–Crippen LogP) is 2.56. The average molecular weight is 445 g/mol. The number of hydrogen-bond donors (Lipinski definition) is 2. The predicted molar refractivity (Wildman–Crippen MR) is 127 cm³/mol. The van der Waals surface area contributed by atoms with Crippen LogP contribution in [0.25, 0.3) is 0 Å². The van der Waals surface area contributed by atoms with Crippen molar-refractivity contribution in [3.63, 3.8) is 0 Å². The molecule has 3 atom stereocenters. The van der Waals surface area contributed by atoms with Crippen LogP contribution in [0.1, 0.15) is 59.4 Å². The molecule has 32 heavy (non-hydrogen) atoms.